The van der Waals surface area contributed by atoms with Crippen molar-refractivity contribution in [3.63, 3.8) is 0 Å². The highest BCUT2D eigenvalue weighted by molar-refractivity contribution is 7.85. The van der Waals surface area contributed by atoms with Crippen LogP contribution in [0, 0.1) is 0 Å². The van der Waals surface area contributed by atoms with Crippen LogP contribution in [0.2, 0.25) is 0 Å². The molecule has 0 radical (unpaired) electrons. The molecule has 0 fully saturated rings. The smallest absolute Gasteiger partial charge is 0.0415 e. The number of unbranched alkanes of at least 4 members (excludes halogenated alkanes) is 7. The van der Waals surface area contributed by atoms with E-state index in [4.69, 9.17) is 0 Å². The van der Waals surface area contributed by atoms with E-state index >= 15 is 0 Å². The highest BCUT2D eigenvalue weighted by Gasteiger charge is 1.91. The molecule has 1 nitrogen and oxygen atoms in total. The lowest BCUT2D eigenvalue weighted by atomic mass is 10.1. The zero-order chi connectivity index (χ0) is 12.1. The van der Waals surface area contributed by atoms with Crippen molar-refractivity contribution < 1.29 is 4.21 Å². The van der Waals surface area contributed by atoms with Gasteiger partial charge < -0.3 is 0 Å². The normalized spacial score (nSPS) is 13.4. The van der Waals surface area contributed by atoms with Crippen LogP contribution < -0.4 is 0 Å². The monoisotopic (exact) mass is 244 g/mol. The zero-order valence-corrected chi connectivity index (χ0v) is 11.9. The lowest BCUT2D eigenvalue weighted by Crippen LogP contribution is -1.95. The highest BCUT2D eigenvalue weighted by atomic mass is 32.2. The summed E-state index contributed by atoms with van der Waals surface area (Å²) in [5.41, 5.74) is 0. The summed E-state index contributed by atoms with van der Waals surface area (Å²) in [6, 6.07) is 0. The van der Waals surface area contributed by atoms with E-state index < -0.39 is 10.8 Å². The summed E-state index contributed by atoms with van der Waals surface area (Å²) in [5, 5.41) is 0. The Balaban J connectivity index is 3.11. The molecule has 0 rings (SSSR count). The molecule has 0 aliphatic carbocycles. The molecule has 0 spiro atoms. The van der Waals surface area contributed by atoms with Crippen molar-refractivity contribution >= 4 is 10.8 Å². The van der Waals surface area contributed by atoms with Gasteiger partial charge in [-0.1, -0.05) is 64.5 Å². The molecule has 0 saturated heterocycles. The van der Waals surface area contributed by atoms with E-state index in [0.717, 1.165) is 17.9 Å². The maximum atomic E-state index is 11.1. The molecule has 0 N–H and O–H groups in total. The van der Waals surface area contributed by atoms with Gasteiger partial charge >= 0.3 is 0 Å². The Morgan fingerprint density at radius 3 is 2.12 bits per heavy atom. The third kappa shape index (κ3) is 12.0. The van der Waals surface area contributed by atoms with E-state index in [1.54, 1.807) is 0 Å². The second-order valence-electron chi connectivity index (χ2n) is 4.28. The Labute approximate surface area is 104 Å². The second kappa shape index (κ2) is 13.0. The summed E-state index contributed by atoms with van der Waals surface area (Å²) in [7, 11) is -0.626. The molecule has 16 heavy (non-hydrogen) atoms. The zero-order valence-electron chi connectivity index (χ0n) is 11.0. The fraction of sp³-hybridized carbons (Fsp3) is 0.857. The first kappa shape index (κ1) is 15.9. The maximum Gasteiger partial charge on any atom is 0.0415 e. The summed E-state index contributed by atoms with van der Waals surface area (Å²) in [5.74, 6) is 1.52. The number of allylic oxidation sites excluding steroid dienone is 1. The van der Waals surface area contributed by atoms with Crippen molar-refractivity contribution in [2.24, 2.45) is 0 Å². The van der Waals surface area contributed by atoms with E-state index in [9.17, 15) is 4.21 Å². The SMILES string of the molecule is CCCCCCCCC/C=C/CS(=O)CC. The molecule has 0 saturated carbocycles. The predicted molar refractivity (Wildman–Crippen MR) is 75.3 cm³/mol. The van der Waals surface area contributed by atoms with Crippen molar-refractivity contribution in [2.45, 2.75) is 65.2 Å². The van der Waals surface area contributed by atoms with Crippen LogP contribution in [0.3, 0.4) is 0 Å². The van der Waals surface area contributed by atoms with Crippen molar-refractivity contribution in [1.29, 1.82) is 0 Å². The molecule has 0 aromatic rings. The Bertz CT molecular complexity index is 187. The molecule has 0 bridgehead atoms. The molecule has 0 aliphatic rings. The topological polar surface area (TPSA) is 17.1 Å². The van der Waals surface area contributed by atoms with Crippen LogP contribution in [0.25, 0.3) is 0 Å². The third-order valence-electron chi connectivity index (χ3n) is 2.75. The van der Waals surface area contributed by atoms with Gasteiger partial charge in [0.25, 0.3) is 0 Å². The molecule has 1 unspecified atom stereocenters. The van der Waals surface area contributed by atoms with E-state index in [2.05, 4.69) is 19.1 Å². The standard InChI is InChI=1S/C14H28OS/c1-3-5-6-7-8-9-10-11-12-13-14-16(15)4-2/h12-13H,3-11,14H2,1-2H3/b13-12+. The van der Waals surface area contributed by atoms with Gasteiger partial charge in [-0.3, -0.25) is 4.21 Å². The van der Waals surface area contributed by atoms with E-state index in [0.29, 0.717) is 0 Å². The Morgan fingerprint density at radius 2 is 1.50 bits per heavy atom. The average Bonchev–Trinajstić information content (AvgIpc) is 2.31. The summed E-state index contributed by atoms with van der Waals surface area (Å²) in [4.78, 5) is 0. The van der Waals surface area contributed by atoms with Gasteiger partial charge in [-0.2, -0.15) is 0 Å². The fourth-order valence-electron chi connectivity index (χ4n) is 1.63. The first-order valence-electron chi connectivity index (χ1n) is 6.81. The average molecular weight is 244 g/mol. The summed E-state index contributed by atoms with van der Waals surface area (Å²) >= 11 is 0. The molecule has 96 valence electrons. The van der Waals surface area contributed by atoms with Gasteiger partial charge in [0.15, 0.2) is 0 Å². The summed E-state index contributed by atoms with van der Waals surface area (Å²) in [6.45, 7) is 4.23. The number of rotatable bonds is 11. The predicted octanol–water partition coefficient (Wildman–Crippen LogP) is 4.45. The fourth-order valence-corrected chi connectivity index (χ4v) is 2.22. The summed E-state index contributed by atoms with van der Waals surface area (Å²) < 4.78 is 11.1. The number of hydrogen-bond acceptors (Lipinski definition) is 1. The van der Waals surface area contributed by atoms with Crippen LogP contribution in [0.1, 0.15) is 65.2 Å². The highest BCUT2D eigenvalue weighted by Crippen LogP contribution is 2.08. The first-order valence-corrected chi connectivity index (χ1v) is 8.30. The maximum absolute atomic E-state index is 11.1. The third-order valence-corrected chi connectivity index (χ3v) is 3.95. The van der Waals surface area contributed by atoms with Crippen LogP contribution in [-0.4, -0.2) is 15.7 Å². The minimum Gasteiger partial charge on any atom is -0.259 e. The Kier molecular flexibility index (Phi) is 12.9. The first-order chi connectivity index (χ1) is 7.81. The van der Waals surface area contributed by atoms with Crippen molar-refractivity contribution in [1.82, 2.24) is 0 Å². The van der Waals surface area contributed by atoms with Crippen molar-refractivity contribution in [2.75, 3.05) is 11.5 Å². The molecule has 0 aromatic carbocycles. The minimum absolute atomic E-state index is 0.626. The van der Waals surface area contributed by atoms with Crippen LogP contribution in [-0.2, 0) is 10.8 Å². The van der Waals surface area contributed by atoms with Crippen molar-refractivity contribution in [3.05, 3.63) is 12.2 Å². The van der Waals surface area contributed by atoms with Crippen LogP contribution in [0.15, 0.2) is 12.2 Å². The number of hydrogen-bond donors (Lipinski definition) is 0. The summed E-state index contributed by atoms with van der Waals surface area (Å²) in [6.07, 6.45) is 15.0. The van der Waals surface area contributed by atoms with E-state index in [1.807, 2.05) is 6.92 Å². The second-order valence-corrected chi connectivity index (χ2v) is 6.07. The Morgan fingerprint density at radius 1 is 0.875 bits per heavy atom. The molecule has 0 aromatic heterocycles. The van der Waals surface area contributed by atoms with Crippen LogP contribution in [0.4, 0.5) is 0 Å². The molecular formula is C14H28OS. The lowest BCUT2D eigenvalue weighted by Gasteiger charge is -1.98. The van der Waals surface area contributed by atoms with Gasteiger partial charge in [0.2, 0.25) is 0 Å². The van der Waals surface area contributed by atoms with Gasteiger partial charge in [-0.15, -0.1) is 0 Å². The van der Waals surface area contributed by atoms with Gasteiger partial charge in [-0.05, 0) is 12.8 Å². The lowest BCUT2D eigenvalue weighted by molar-refractivity contribution is 0.592. The van der Waals surface area contributed by atoms with Gasteiger partial charge in [0.05, 0.1) is 0 Å². The minimum atomic E-state index is -0.626. The van der Waals surface area contributed by atoms with Crippen LogP contribution >= 0.6 is 0 Å². The van der Waals surface area contributed by atoms with Crippen LogP contribution in [0.5, 0.6) is 0 Å². The quantitative estimate of drug-likeness (QED) is 0.387. The molecular weight excluding hydrogens is 216 g/mol. The molecule has 2 heteroatoms. The van der Waals surface area contributed by atoms with Gasteiger partial charge in [0, 0.05) is 22.3 Å². The Hall–Kier alpha value is -0.110. The largest absolute Gasteiger partial charge is 0.259 e. The van der Waals surface area contributed by atoms with E-state index in [1.165, 1.54) is 44.9 Å². The van der Waals surface area contributed by atoms with Gasteiger partial charge in [0.1, 0.15) is 0 Å². The molecule has 0 aliphatic heterocycles. The molecule has 0 amide bonds. The molecule has 1 atom stereocenters. The van der Waals surface area contributed by atoms with E-state index in [-0.39, 0.29) is 0 Å². The van der Waals surface area contributed by atoms with Crippen molar-refractivity contribution in [3.8, 4) is 0 Å². The molecule has 0 heterocycles. The van der Waals surface area contributed by atoms with Gasteiger partial charge in [-0.25, -0.2) is 0 Å².